The molecule has 0 radical (unpaired) electrons. The number of methoxy groups -OCH3 is 1. The van der Waals surface area contributed by atoms with Crippen LogP contribution in [0.15, 0.2) is 59.7 Å². The number of likely N-dealkylation sites (tertiary alicyclic amines) is 1. The molecule has 0 bridgehead atoms. The Morgan fingerprint density at radius 2 is 1.84 bits per heavy atom. The zero-order valence-electron chi connectivity index (χ0n) is 18.4. The molecule has 2 aromatic carbocycles. The van der Waals surface area contributed by atoms with E-state index < -0.39 is 0 Å². The average Bonchev–Trinajstić information content (AvgIpc) is 2.81. The van der Waals surface area contributed by atoms with Crippen LogP contribution in [0.5, 0.6) is 0 Å². The molecule has 0 unspecified atom stereocenters. The summed E-state index contributed by atoms with van der Waals surface area (Å²) in [7, 11) is 1.72. The fourth-order valence-corrected chi connectivity index (χ4v) is 4.38. The lowest BCUT2D eigenvalue weighted by Crippen LogP contribution is -2.60. The lowest BCUT2D eigenvalue weighted by molar-refractivity contribution is -0.120. The van der Waals surface area contributed by atoms with Crippen molar-refractivity contribution in [3.8, 4) is 0 Å². The maximum Gasteiger partial charge on any atom is 0.227 e. The first-order chi connectivity index (χ1) is 15.1. The van der Waals surface area contributed by atoms with E-state index in [4.69, 9.17) is 10.3 Å². The van der Waals surface area contributed by atoms with Crippen molar-refractivity contribution in [2.45, 2.75) is 38.1 Å². The SMILES string of the molecule is CCC(=O)N(c1ccccc1)C1(COC)CCN(CCc2ccc(N=[N+]=[N-])cc2)CC1. The monoisotopic (exact) mass is 421 g/mol. The van der Waals surface area contributed by atoms with Gasteiger partial charge in [-0.05, 0) is 42.5 Å². The van der Waals surface area contributed by atoms with Gasteiger partial charge in [-0.25, -0.2) is 0 Å². The van der Waals surface area contributed by atoms with Gasteiger partial charge < -0.3 is 14.5 Å². The molecule has 1 saturated heterocycles. The highest BCUT2D eigenvalue weighted by Gasteiger charge is 2.42. The van der Waals surface area contributed by atoms with Crippen molar-refractivity contribution in [3.05, 3.63) is 70.6 Å². The molecule has 1 amide bonds. The molecule has 2 aromatic rings. The predicted molar refractivity (Wildman–Crippen MR) is 123 cm³/mol. The molecule has 0 atom stereocenters. The second-order valence-corrected chi connectivity index (χ2v) is 8.02. The highest BCUT2D eigenvalue weighted by molar-refractivity contribution is 5.94. The summed E-state index contributed by atoms with van der Waals surface area (Å²) in [5.74, 6) is 0.136. The molecular weight excluding hydrogens is 390 g/mol. The van der Waals surface area contributed by atoms with Crippen molar-refractivity contribution >= 4 is 17.3 Å². The van der Waals surface area contributed by atoms with Gasteiger partial charge >= 0.3 is 0 Å². The van der Waals surface area contributed by atoms with Gasteiger partial charge in [0.05, 0.1) is 12.1 Å². The van der Waals surface area contributed by atoms with Crippen molar-refractivity contribution in [1.29, 1.82) is 0 Å². The number of rotatable bonds is 9. The van der Waals surface area contributed by atoms with Crippen LogP contribution in [0.1, 0.15) is 31.7 Å². The number of benzene rings is 2. The third-order valence-corrected chi connectivity index (χ3v) is 6.05. The number of carbonyl (C=O) groups is 1. The first-order valence-electron chi connectivity index (χ1n) is 10.9. The number of hydrogen-bond acceptors (Lipinski definition) is 4. The molecule has 1 heterocycles. The third kappa shape index (κ3) is 5.64. The molecule has 3 rings (SSSR count). The lowest BCUT2D eigenvalue weighted by atomic mass is 9.85. The van der Waals surface area contributed by atoms with Gasteiger partial charge in [-0.3, -0.25) is 4.79 Å². The molecule has 0 aromatic heterocycles. The summed E-state index contributed by atoms with van der Waals surface area (Å²) in [5, 5.41) is 3.62. The molecule has 0 saturated carbocycles. The molecule has 1 aliphatic rings. The molecule has 1 aliphatic heterocycles. The van der Waals surface area contributed by atoms with Gasteiger partial charge in [-0.1, -0.05) is 54.5 Å². The van der Waals surface area contributed by atoms with E-state index in [1.807, 2.05) is 66.4 Å². The first kappa shape index (κ1) is 22.8. The Hall–Kier alpha value is -2.86. The Kier molecular flexibility index (Phi) is 8.06. The van der Waals surface area contributed by atoms with Gasteiger partial charge in [0.15, 0.2) is 0 Å². The smallest absolute Gasteiger partial charge is 0.227 e. The zero-order chi connectivity index (χ0) is 22.1. The van der Waals surface area contributed by atoms with Gasteiger partial charge in [-0.15, -0.1) is 0 Å². The number of piperidine rings is 1. The maximum absolute atomic E-state index is 13.0. The van der Waals surface area contributed by atoms with Crippen LogP contribution < -0.4 is 4.90 Å². The van der Waals surface area contributed by atoms with E-state index in [1.54, 1.807) is 7.11 Å². The molecule has 1 fully saturated rings. The summed E-state index contributed by atoms with van der Waals surface area (Å²) in [5.41, 5.74) is 11.0. The van der Waals surface area contributed by atoms with Crippen LogP contribution in [-0.2, 0) is 16.0 Å². The van der Waals surface area contributed by atoms with Gasteiger partial charge in [0.2, 0.25) is 5.91 Å². The zero-order valence-corrected chi connectivity index (χ0v) is 18.4. The number of nitrogens with zero attached hydrogens (tertiary/aromatic N) is 5. The minimum Gasteiger partial charge on any atom is -0.382 e. The van der Waals surface area contributed by atoms with E-state index in [2.05, 4.69) is 14.9 Å². The van der Waals surface area contributed by atoms with E-state index in [-0.39, 0.29) is 11.4 Å². The summed E-state index contributed by atoms with van der Waals surface area (Å²) in [6, 6.07) is 17.7. The van der Waals surface area contributed by atoms with Crippen LogP contribution >= 0.6 is 0 Å². The minimum atomic E-state index is -0.323. The topological polar surface area (TPSA) is 81.5 Å². The van der Waals surface area contributed by atoms with Crippen molar-refractivity contribution < 1.29 is 9.53 Å². The number of para-hydroxylation sites is 1. The van der Waals surface area contributed by atoms with Crippen molar-refractivity contribution in [1.82, 2.24) is 4.90 Å². The van der Waals surface area contributed by atoms with E-state index in [1.165, 1.54) is 5.56 Å². The molecule has 164 valence electrons. The Morgan fingerprint density at radius 1 is 1.16 bits per heavy atom. The van der Waals surface area contributed by atoms with Gasteiger partial charge in [-0.2, -0.15) is 0 Å². The highest BCUT2D eigenvalue weighted by Crippen LogP contribution is 2.34. The maximum atomic E-state index is 13.0. The number of ether oxygens (including phenoxy) is 1. The van der Waals surface area contributed by atoms with Crippen LogP contribution in [0.25, 0.3) is 10.4 Å². The standard InChI is InChI=1S/C24H31N5O2/c1-3-23(30)29(22-7-5-4-6-8-22)24(19-31-2)14-17-28(18-15-24)16-13-20-9-11-21(12-10-20)26-27-25/h4-12H,3,13-19H2,1-2H3. The Labute approximate surface area is 184 Å². The van der Waals surface area contributed by atoms with Gasteiger partial charge in [0, 0.05) is 49.5 Å². The van der Waals surface area contributed by atoms with Crippen LogP contribution in [0.2, 0.25) is 0 Å². The van der Waals surface area contributed by atoms with Crippen LogP contribution in [-0.4, -0.2) is 49.7 Å². The van der Waals surface area contributed by atoms with E-state index in [0.29, 0.717) is 18.7 Å². The fraction of sp³-hybridized carbons (Fsp3) is 0.458. The second-order valence-electron chi connectivity index (χ2n) is 8.02. The molecule has 31 heavy (non-hydrogen) atoms. The average molecular weight is 422 g/mol. The molecule has 7 nitrogen and oxygen atoms in total. The van der Waals surface area contributed by atoms with Crippen LogP contribution in [0.3, 0.4) is 0 Å². The first-order valence-corrected chi connectivity index (χ1v) is 10.9. The number of azide groups is 1. The largest absolute Gasteiger partial charge is 0.382 e. The summed E-state index contributed by atoms with van der Waals surface area (Å²) in [6.45, 7) is 5.24. The predicted octanol–water partition coefficient (Wildman–Crippen LogP) is 5.10. The number of carbonyl (C=O) groups excluding carboxylic acids is 1. The van der Waals surface area contributed by atoms with E-state index in [0.717, 1.165) is 44.6 Å². The highest BCUT2D eigenvalue weighted by atomic mass is 16.5. The molecule has 0 aliphatic carbocycles. The molecule has 7 heteroatoms. The van der Waals surface area contributed by atoms with E-state index >= 15 is 0 Å². The summed E-state index contributed by atoms with van der Waals surface area (Å²) in [4.78, 5) is 20.2. The fourth-order valence-electron chi connectivity index (χ4n) is 4.38. The minimum absolute atomic E-state index is 0.136. The van der Waals surface area contributed by atoms with E-state index in [9.17, 15) is 4.79 Å². The Bertz CT molecular complexity index is 886. The van der Waals surface area contributed by atoms with Crippen molar-refractivity contribution in [2.75, 3.05) is 38.3 Å². The Morgan fingerprint density at radius 3 is 2.42 bits per heavy atom. The molecule has 0 spiro atoms. The number of hydrogen-bond donors (Lipinski definition) is 0. The van der Waals surface area contributed by atoms with Crippen LogP contribution in [0.4, 0.5) is 11.4 Å². The summed E-state index contributed by atoms with van der Waals surface area (Å²) >= 11 is 0. The number of anilines is 1. The molecular formula is C24H31N5O2. The quantitative estimate of drug-likeness (QED) is 0.321. The Balaban J connectivity index is 1.67. The summed E-state index contributed by atoms with van der Waals surface area (Å²) in [6.07, 6.45) is 3.15. The number of amides is 1. The summed E-state index contributed by atoms with van der Waals surface area (Å²) < 4.78 is 5.63. The van der Waals surface area contributed by atoms with Gasteiger partial charge in [0.25, 0.3) is 0 Å². The van der Waals surface area contributed by atoms with Crippen molar-refractivity contribution in [2.24, 2.45) is 5.11 Å². The van der Waals surface area contributed by atoms with Gasteiger partial charge in [0.1, 0.15) is 0 Å². The second kappa shape index (κ2) is 11.0. The van der Waals surface area contributed by atoms with Crippen LogP contribution in [0, 0.1) is 0 Å². The van der Waals surface area contributed by atoms with Crippen molar-refractivity contribution in [3.63, 3.8) is 0 Å². The third-order valence-electron chi connectivity index (χ3n) is 6.05. The lowest BCUT2D eigenvalue weighted by Gasteiger charge is -2.48. The normalized spacial score (nSPS) is 15.8. The molecule has 0 N–H and O–H groups in total.